The SMILES string of the molecule is C#C/C(=C\C=C(/C)C(=O)/C(C)=N/OC(C)=O)Sc1ccc(OCCO)cc1. The van der Waals surface area contributed by atoms with Crippen molar-refractivity contribution in [1.29, 1.82) is 0 Å². The third-order valence-electron chi connectivity index (χ3n) is 3.04. The summed E-state index contributed by atoms with van der Waals surface area (Å²) >= 11 is 1.36. The van der Waals surface area contributed by atoms with E-state index in [9.17, 15) is 9.59 Å². The number of thioether (sulfide) groups is 1. The van der Waals surface area contributed by atoms with Gasteiger partial charge in [0, 0.05) is 11.8 Å². The molecule has 0 aliphatic rings. The van der Waals surface area contributed by atoms with Crippen LogP contribution < -0.4 is 4.74 Å². The zero-order valence-electron chi connectivity index (χ0n) is 15.4. The Morgan fingerprint density at radius 3 is 2.44 bits per heavy atom. The number of aliphatic hydroxyl groups excluding tert-OH is 1. The lowest BCUT2D eigenvalue weighted by molar-refractivity contribution is -0.140. The van der Waals surface area contributed by atoms with Gasteiger partial charge < -0.3 is 14.7 Å². The van der Waals surface area contributed by atoms with Crippen molar-refractivity contribution in [3.8, 4) is 18.1 Å². The molecule has 1 aromatic carbocycles. The van der Waals surface area contributed by atoms with E-state index in [-0.39, 0.29) is 24.7 Å². The van der Waals surface area contributed by atoms with Gasteiger partial charge in [0.15, 0.2) is 0 Å². The molecule has 0 heterocycles. The van der Waals surface area contributed by atoms with Crippen LogP contribution in [0, 0.1) is 12.3 Å². The Balaban J connectivity index is 2.80. The van der Waals surface area contributed by atoms with E-state index in [1.165, 1.54) is 25.6 Å². The summed E-state index contributed by atoms with van der Waals surface area (Å²) in [5, 5.41) is 12.2. The number of carbonyl (C=O) groups is 2. The number of terminal acetylenes is 1. The quantitative estimate of drug-likeness (QED) is 0.133. The zero-order valence-corrected chi connectivity index (χ0v) is 16.2. The van der Waals surface area contributed by atoms with Crippen LogP contribution in [-0.4, -0.2) is 35.8 Å². The maximum absolute atomic E-state index is 12.1. The largest absolute Gasteiger partial charge is 0.491 e. The average molecular weight is 387 g/mol. The first-order valence-electron chi connectivity index (χ1n) is 8.01. The molecule has 27 heavy (non-hydrogen) atoms. The van der Waals surface area contributed by atoms with E-state index in [0.717, 1.165) is 4.90 Å². The third-order valence-corrected chi connectivity index (χ3v) is 4.02. The summed E-state index contributed by atoms with van der Waals surface area (Å²) in [6, 6.07) is 7.26. The highest BCUT2D eigenvalue weighted by Gasteiger charge is 2.09. The van der Waals surface area contributed by atoms with Crippen molar-refractivity contribution in [3.05, 3.63) is 46.9 Å². The first-order chi connectivity index (χ1) is 12.9. The number of ether oxygens (including phenoxy) is 1. The molecule has 0 saturated carbocycles. The number of hydrogen-bond acceptors (Lipinski definition) is 7. The van der Waals surface area contributed by atoms with E-state index in [0.29, 0.717) is 16.2 Å². The highest BCUT2D eigenvalue weighted by Crippen LogP contribution is 2.28. The summed E-state index contributed by atoms with van der Waals surface area (Å²) < 4.78 is 5.30. The fourth-order valence-electron chi connectivity index (χ4n) is 1.74. The van der Waals surface area contributed by atoms with E-state index in [4.69, 9.17) is 16.3 Å². The van der Waals surface area contributed by atoms with Crippen molar-refractivity contribution in [3.63, 3.8) is 0 Å². The van der Waals surface area contributed by atoms with E-state index in [1.807, 2.05) is 12.1 Å². The Hall–Kier alpha value is -2.82. The summed E-state index contributed by atoms with van der Waals surface area (Å²) in [5.74, 6) is 2.28. The Bertz CT molecular complexity index is 801. The fraction of sp³-hybridized carbons (Fsp3) is 0.250. The van der Waals surface area contributed by atoms with E-state index in [1.54, 1.807) is 31.2 Å². The molecule has 0 saturated heterocycles. The Kier molecular flexibility index (Phi) is 9.65. The molecular weight excluding hydrogens is 366 g/mol. The Morgan fingerprint density at radius 2 is 1.89 bits per heavy atom. The third kappa shape index (κ3) is 8.40. The molecule has 0 radical (unpaired) electrons. The minimum Gasteiger partial charge on any atom is -0.491 e. The molecule has 1 aromatic rings. The standard InChI is InChI=1S/C20H21NO5S/c1-5-18(27-19-10-7-17(8-11-19)25-13-12-22)9-6-14(2)20(24)15(3)21-26-16(4)23/h1,6-11,22H,12-13H2,2-4H3/b14-6+,18-9+,21-15+. The Labute approximate surface area is 162 Å². The monoisotopic (exact) mass is 387 g/mol. The molecule has 1 rings (SSSR count). The number of aliphatic hydroxyl groups is 1. The van der Waals surface area contributed by atoms with Crippen molar-refractivity contribution in [2.24, 2.45) is 5.16 Å². The van der Waals surface area contributed by atoms with Crippen LogP contribution in [0.4, 0.5) is 0 Å². The molecule has 0 amide bonds. The Morgan fingerprint density at radius 1 is 1.22 bits per heavy atom. The lowest BCUT2D eigenvalue weighted by Gasteiger charge is -2.05. The molecule has 0 spiro atoms. The number of benzene rings is 1. The number of ketones is 1. The number of nitrogens with zero attached hydrogens (tertiary/aromatic N) is 1. The average Bonchev–Trinajstić information content (AvgIpc) is 2.67. The highest BCUT2D eigenvalue weighted by molar-refractivity contribution is 8.03. The molecule has 142 valence electrons. The van der Waals surface area contributed by atoms with Crippen molar-refractivity contribution >= 4 is 29.2 Å². The summed E-state index contributed by atoms with van der Waals surface area (Å²) in [4.78, 5) is 28.8. The van der Waals surface area contributed by atoms with Gasteiger partial charge in [0.05, 0.1) is 11.5 Å². The zero-order chi connectivity index (χ0) is 20.2. The summed E-state index contributed by atoms with van der Waals surface area (Å²) in [5.41, 5.74) is 0.477. The first kappa shape index (κ1) is 22.2. The van der Waals surface area contributed by atoms with E-state index in [2.05, 4.69) is 15.9 Å². The molecule has 1 N–H and O–H groups in total. The van der Waals surface area contributed by atoms with Gasteiger partial charge in [-0.1, -0.05) is 28.9 Å². The molecule has 7 heteroatoms. The van der Waals surface area contributed by atoms with Crippen LogP contribution in [0.5, 0.6) is 5.75 Å². The maximum Gasteiger partial charge on any atom is 0.331 e. The minimum atomic E-state index is -0.595. The number of rotatable bonds is 9. The minimum absolute atomic E-state index is 0.0457. The predicted octanol–water partition coefficient (Wildman–Crippen LogP) is 3.12. The van der Waals surface area contributed by atoms with Crippen LogP contribution in [0.25, 0.3) is 0 Å². The van der Waals surface area contributed by atoms with Gasteiger partial charge in [0.2, 0.25) is 5.78 Å². The lowest BCUT2D eigenvalue weighted by Crippen LogP contribution is -2.12. The molecule has 6 nitrogen and oxygen atoms in total. The second-order valence-electron chi connectivity index (χ2n) is 5.26. The lowest BCUT2D eigenvalue weighted by atomic mass is 10.1. The molecule has 0 aliphatic heterocycles. The van der Waals surface area contributed by atoms with Crippen molar-refractivity contribution in [1.82, 2.24) is 0 Å². The van der Waals surface area contributed by atoms with Crippen LogP contribution in [0.2, 0.25) is 0 Å². The van der Waals surface area contributed by atoms with Gasteiger partial charge in [0.25, 0.3) is 0 Å². The number of Topliss-reactive ketones (excluding diaryl/α,β-unsaturated/α-hetero) is 1. The van der Waals surface area contributed by atoms with Crippen LogP contribution >= 0.6 is 11.8 Å². The normalized spacial score (nSPS) is 12.3. The highest BCUT2D eigenvalue weighted by atomic mass is 32.2. The molecule has 0 unspecified atom stereocenters. The molecule has 0 aromatic heterocycles. The predicted molar refractivity (Wildman–Crippen MR) is 105 cm³/mol. The summed E-state index contributed by atoms with van der Waals surface area (Å²) in [7, 11) is 0. The van der Waals surface area contributed by atoms with Crippen LogP contribution in [-0.2, 0) is 14.4 Å². The molecule has 0 aliphatic carbocycles. The van der Waals surface area contributed by atoms with Gasteiger partial charge in [-0.25, -0.2) is 4.79 Å². The van der Waals surface area contributed by atoms with Crippen molar-refractivity contribution in [2.45, 2.75) is 25.7 Å². The molecule has 0 bridgehead atoms. The second kappa shape index (κ2) is 11.7. The number of carbonyl (C=O) groups excluding carboxylic acids is 2. The van der Waals surface area contributed by atoms with Gasteiger partial charge in [0.1, 0.15) is 18.1 Å². The van der Waals surface area contributed by atoms with Crippen LogP contribution in [0.3, 0.4) is 0 Å². The van der Waals surface area contributed by atoms with Crippen LogP contribution in [0.15, 0.2) is 56.9 Å². The second-order valence-corrected chi connectivity index (χ2v) is 6.37. The van der Waals surface area contributed by atoms with Crippen molar-refractivity contribution in [2.75, 3.05) is 13.2 Å². The van der Waals surface area contributed by atoms with E-state index >= 15 is 0 Å². The topological polar surface area (TPSA) is 85.2 Å². The summed E-state index contributed by atoms with van der Waals surface area (Å²) in [6.45, 7) is 4.48. The smallest absolute Gasteiger partial charge is 0.331 e. The molecule has 0 atom stereocenters. The van der Waals surface area contributed by atoms with E-state index < -0.39 is 5.97 Å². The van der Waals surface area contributed by atoms with Gasteiger partial charge in [-0.15, -0.1) is 6.42 Å². The fourth-order valence-corrected chi connectivity index (χ4v) is 2.46. The van der Waals surface area contributed by atoms with Gasteiger partial charge >= 0.3 is 5.97 Å². The number of oxime groups is 1. The first-order valence-corrected chi connectivity index (χ1v) is 8.82. The van der Waals surface area contributed by atoms with Gasteiger partial charge in [-0.2, -0.15) is 0 Å². The number of hydrogen-bond donors (Lipinski definition) is 1. The summed E-state index contributed by atoms with van der Waals surface area (Å²) in [6.07, 6.45) is 8.79. The van der Waals surface area contributed by atoms with Gasteiger partial charge in [-0.3, -0.25) is 4.79 Å². The van der Waals surface area contributed by atoms with Gasteiger partial charge in [-0.05, 0) is 49.8 Å². The maximum atomic E-state index is 12.1. The number of allylic oxidation sites excluding steroid dienone is 4. The molecule has 0 fully saturated rings. The molecular formula is C20H21NO5S. The van der Waals surface area contributed by atoms with Crippen molar-refractivity contribution < 1.29 is 24.3 Å². The van der Waals surface area contributed by atoms with Crippen LogP contribution in [0.1, 0.15) is 20.8 Å².